The minimum absolute atomic E-state index is 0.0217. The molecule has 5 nitrogen and oxygen atoms in total. The van der Waals surface area contributed by atoms with E-state index in [2.05, 4.69) is 41.3 Å². The predicted octanol–water partition coefficient (Wildman–Crippen LogP) is 4.14. The predicted molar refractivity (Wildman–Crippen MR) is 97.0 cm³/mol. The second-order valence-electron chi connectivity index (χ2n) is 5.97. The molecule has 6 heteroatoms. The minimum atomic E-state index is -0.0217. The van der Waals surface area contributed by atoms with E-state index in [1.807, 2.05) is 24.3 Å². The van der Waals surface area contributed by atoms with Gasteiger partial charge in [0, 0.05) is 17.2 Å². The molecule has 0 unspecified atom stereocenters. The topological polar surface area (TPSA) is 57.0 Å². The molecule has 0 bridgehead atoms. The average molecular weight is 351 g/mol. The summed E-state index contributed by atoms with van der Waals surface area (Å²) in [6.45, 7) is 2.06. The van der Waals surface area contributed by atoms with Gasteiger partial charge in [0.1, 0.15) is 5.75 Å². The Balaban J connectivity index is 1.64. The number of benzene rings is 2. The van der Waals surface area contributed by atoms with Crippen molar-refractivity contribution >= 4 is 17.7 Å². The highest BCUT2D eigenvalue weighted by atomic mass is 32.2. The van der Waals surface area contributed by atoms with Gasteiger partial charge in [-0.25, -0.2) is 4.98 Å². The zero-order valence-corrected chi connectivity index (χ0v) is 14.8. The molecule has 126 valence electrons. The van der Waals surface area contributed by atoms with Gasteiger partial charge in [0.05, 0.1) is 7.11 Å². The lowest BCUT2D eigenvalue weighted by Crippen LogP contribution is -2.20. The summed E-state index contributed by atoms with van der Waals surface area (Å²) in [5, 5.41) is 5.12. The van der Waals surface area contributed by atoms with Crippen molar-refractivity contribution in [2.24, 2.45) is 0 Å². The maximum atomic E-state index is 12.5. The van der Waals surface area contributed by atoms with Gasteiger partial charge in [0.25, 0.3) is 5.91 Å². The summed E-state index contributed by atoms with van der Waals surface area (Å²) in [7, 11) is 1.63. The van der Waals surface area contributed by atoms with Crippen LogP contribution in [0.4, 0.5) is 0 Å². The van der Waals surface area contributed by atoms with Crippen LogP contribution in [0.15, 0.2) is 53.7 Å². The maximum Gasteiger partial charge on any atom is 0.250 e. The Hall–Kier alpha value is -2.60. The first kappa shape index (κ1) is 15.9. The van der Waals surface area contributed by atoms with Crippen LogP contribution in [0.2, 0.25) is 0 Å². The molecule has 0 amide bonds. The van der Waals surface area contributed by atoms with Crippen LogP contribution in [-0.4, -0.2) is 27.8 Å². The van der Waals surface area contributed by atoms with Gasteiger partial charge >= 0.3 is 0 Å². The van der Waals surface area contributed by atoms with Crippen LogP contribution in [0.25, 0.3) is 11.4 Å². The number of hydrogen-bond acceptors (Lipinski definition) is 5. The third-order valence-electron chi connectivity index (χ3n) is 4.22. The highest BCUT2D eigenvalue weighted by molar-refractivity contribution is 7.99. The maximum absolute atomic E-state index is 12.5. The Morgan fingerprint density at radius 1 is 1.12 bits per heavy atom. The lowest BCUT2D eigenvalue weighted by atomic mass is 10.1. The van der Waals surface area contributed by atoms with E-state index in [4.69, 9.17) is 4.74 Å². The molecule has 3 aromatic rings. The zero-order valence-electron chi connectivity index (χ0n) is 14.0. The van der Waals surface area contributed by atoms with Crippen LogP contribution in [0, 0.1) is 6.92 Å². The highest BCUT2D eigenvalue weighted by Gasteiger charge is 2.30. The second kappa shape index (κ2) is 6.37. The van der Waals surface area contributed by atoms with Crippen molar-refractivity contribution in [1.29, 1.82) is 0 Å². The number of aryl methyl sites for hydroxylation is 1. The van der Waals surface area contributed by atoms with E-state index in [1.165, 1.54) is 10.2 Å². The molecule has 4 rings (SSSR count). The van der Waals surface area contributed by atoms with E-state index in [9.17, 15) is 4.79 Å². The number of carbonyl (C=O) groups excluding carboxylic acids is 1. The fourth-order valence-corrected chi connectivity index (χ4v) is 3.94. The van der Waals surface area contributed by atoms with E-state index in [0.29, 0.717) is 17.4 Å². The largest absolute Gasteiger partial charge is 0.497 e. The third kappa shape index (κ3) is 3.05. The molecule has 1 aliphatic heterocycles. The number of carbonyl (C=O) groups is 1. The molecule has 0 radical (unpaired) electrons. The van der Waals surface area contributed by atoms with Crippen LogP contribution in [0.1, 0.15) is 27.6 Å². The molecule has 1 aromatic heterocycles. The van der Waals surface area contributed by atoms with E-state index >= 15 is 0 Å². The molecule has 25 heavy (non-hydrogen) atoms. The smallest absolute Gasteiger partial charge is 0.250 e. The van der Waals surface area contributed by atoms with Gasteiger partial charge < -0.3 is 4.74 Å². The molecule has 2 aromatic carbocycles. The monoisotopic (exact) mass is 351 g/mol. The van der Waals surface area contributed by atoms with Gasteiger partial charge in [0.15, 0.2) is 11.0 Å². The van der Waals surface area contributed by atoms with Crippen molar-refractivity contribution < 1.29 is 9.53 Å². The normalized spacial score (nSPS) is 16.6. The Kier molecular flexibility index (Phi) is 4.05. The first-order chi connectivity index (χ1) is 12.1. The summed E-state index contributed by atoms with van der Waals surface area (Å²) in [6.07, 6.45) is 0.423. The Labute approximate surface area is 150 Å². The van der Waals surface area contributed by atoms with E-state index < -0.39 is 0 Å². The van der Waals surface area contributed by atoms with Crippen molar-refractivity contribution in [3.63, 3.8) is 0 Å². The fourth-order valence-electron chi connectivity index (χ4n) is 2.78. The molecule has 0 saturated carbocycles. The second-order valence-corrected chi connectivity index (χ2v) is 7.14. The summed E-state index contributed by atoms with van der Waals surface area (Å²) >= 11 is 1.59. The van der Waals surface area contributed by atoms with Gasteiger partial charge in [-0.05, 0) is 36.8 Å². The number of thioether (sulfide) groups is 1. The molecule has 1 aliphatic rings. The molecular weight excluding hydrogens is 334 g/mol. The van der Waals surface area contributed by atoms with Crippen LogP contribution >= 0.6 is 11.8 Å². The van der Waals surface area contributed by atoms with Gasteiger partial charge in [-0.2, -0.15) is 4.68 Å². The van der Waals surface area contributed by atoms with E-state index in [0.717, 1.165) is 16.9 Å². The van der Waals surface area contributed by atoms with Crippen molar-refractivity contribution in [1.82, 2.24) is 14.8 Å². The van der Waals surface area contributed by atoms with Gasteiger partial charge in [-0.15, -0.1) is 5.10 Å². The zero-order chi connectivity index (χ0) is 17.4. The van der Waals surface area contributed by atoms with Crippen molar-refractivity contribution in [2.75, 3.05) is 7.11 Å². The average Bonchev–Trinajstić information content (AvgIpc) is 3.07. The Bertz CT molecular complexity index is 917. The number of methoxy groups -OCH3 is 1. The molecule has 0 spiro atoms. The molecule has 2 heterocycles. The lowest BCUT2D eigenvalue weighted by molar-refractivity contribution is 0.0868. The quantitative estimate of drug-likeness (QED) is 0.710. The number of hydrogen-bond donors (Lipinski definition) is 0. The number of fused-ring (bicyclic) bond motifs is 1. The summed E-state index contributed by atoms with van der Waals surface area (Å²) in [5.74, 6) is 1.31. The number of rotatable bonds is 3. The standard InChI is InChI=1S/C19H17N3O2S/c1-12-3-5-13(6-4-12)16-11-17(23)22-19(25-16)20-18(21-22)14-7-9-15(24-2)10-8-14/h3-10,16H,11H2,1-2H3/t16-/m1/s1. The molecule has 0 aliphatic carbocycles. The molecule has 1 atom stereocenters. The first-order valence-corrected chi connectivity index (χ1v) is 8.90. The van der Waals surface area contributed by atoms with Crippen LogP contribution < -0.4 is 4.74 Å². The lowest BCUT2D eigenvalue weighted by Gasteiger charge is -2.20. The van der Waals surface area contributed by atoms with Crippen molar-refractivity contribution in [2.45, 2.75) is 23.8 Å². The van der Waals surface area contributed by atoms with Crippen LogP contribution in [0.5, 0.6) is 5.75 Å². The molecular formula is C19H17N3O2S. The summed E-state index contributed by atoms with van der Waals surface area (Å²) < 4.78 is 6.60. The molecule has 0 fully saturated rings. The fraction of sp³-hybridized carbons (Fsp3) is 0.211. The Morgan fingerprint density at radius 3 is 2.52 bits per heavy atom. The summed E-state index contributed by atoms with van der Waals surface area (Å²) in [6, 6.07) is 15.8. The summed E-state index contributed by atoms with van der Waals surface area (Å²) in [4.78, 5) is 17.1. The molecule has 0 saturated heterocycles. The number of aromatic nitrogens is 3. The van der Waals surface area contributed by atoms with Gasteiger partial charge in [0.2, 0.25) is 0 Å². The van der Waals surface area contributed by atoms with Gasteiger partial charge in [-0.3, -0.25) is 4.79 Å². The van der Waals surface area contributed by atoms with E-state index in [-0.39, 0.29) is 11.2 Å². The summed E-state index contributed by atoms with van der Waals surface area (Å²) in [5.41, 5.74) is 3.22. The number of nitrogens with zero attached hydrogens (tertiary/aromatic N) is 3. The molecule has 0 N–H and O–H groups in total. The van der Waals surface area contributed by atoms with E-state index in [1.54, 1.807) is 18.9 Å². The van der Waals surface area contributed by atoms with Crippen LogP contribution in [0.3, 0.4) is 0 Å². The SMILES string of the molecule is COc1ccc(-c2nc3n(n2)C(=O)C[C@H](c2ccc(C)cc2)S3)cc1. The number of ether oxygens (including phenoxy) is 1. The highest BCUT2D eigenvalue weighted by Crippen LogP contribution is 2.41. The Morgan fingerprint density at radius 2 is 1.84 bits per heavy atom. The third-order valence-corrected chi connectivity index (χ3v) is 5.42. The van der Waals surface area contributed by atoms with Crippen molar-refractivity contribution in [3.05, 3.63) is 59.7 Å². The first-order valence-electron chi connectivity index (χ1n) is 8.02. The minimum Gasteiger partial charge on any atom is -0.497 e. The van der Waals surface area contributed by atoms with Crippen LogP contribution in [-0.2, 0) is 0 Å². The van der Waals surface area contributed by atoms with Crippen molar-refractivity contribution in [3.8, 4) is 17.1 Å². The van der Waals surface area contributed by atoms with Gasteiger partial charge in [-0.1, -0.05) is 41.6 Å².